The van der Waals surface area contributed by atoms with Gasteiger partial charge in [-0.1, -0.05) is 0 Å². The highest BCUT2D eigenvalue weighted by atomic mass is 35.5. The number of hydrogen-bond acceptors (Lipinski definition) is 7. The van der Waals surface area contributed by atoms with Crippen molar-refractivity contribution in [3.63, 3.8) is 0 Å². The van der Waals surface area contributed by atoms with Crippen molar-refractivity contribution >= 4 is 27.3 Å². The van der Waals surface area contributed by atoms with Crippen molar-refractivity contribution in [2.75, 3.05) is 37.5 Å². The van der Waals surface area contributed by atoms with Crippen molar-refractivity contribution in [2.24, 2.45) is 0 Å². The minimum absolute atomic E-state index is 0.0596. The fraction of sp³-hybridized carbons (Fsp3) is 0.714. The number of rotatable bonds is 2. The van der Waals surface area contributed by atoms with Crippen LogP contribution in [-0.2, 0) is 19.3 Å². The quantitative estimate of drug-likeness (QED) is 0.732. The summed E-state index contributed by atoms with van der Waals surface area (Å²) in [6, 6.07) is 0.0747. The first-order valence-electron chi connectivity index (χ1n) is 7.67. The number of fused-ring (bicyclic) bond motifs is 3. The van der Waals surface area contributed by atoms with E-state index in [-0.39, 0.29) is 11.3 Å². The van der Waals surface area contributed by atoms with E-state index in [0.717, 1.165) is 6.42 Å². The Morgan fingerprint density at radius 2 is 2.09 bits per heavy atom. The molecule has 2 fully saturated rings. The van der Waals surface area contributed by atoms with Crippen LogP contribution in [-0.4, -0.2) is 57.0 Å². The average molecular weight is 360 g/mol. The number of anilines is 1. The molecule has 7 nitrogen and oxygen atoms in total. The maximum Gasteiger partial charge on any atom is 0.224 e. The molecule has 0 unspecified atom stereocenters. The fourth-order valence-corrected chi connectivity index (χ4v) is 5.27. The van der Waals surface area contributed by atoms with Gasteiger partial charge < -0.3 is 14.4 Å². The summed E-state index contributed by atoms with van der Waals surface area (Å²) in [7, 11) is -3.33. The largest absolute Gasteiger partial charge is 0.486 e. The molecule has 0 amide bonds. The van der Waals surface area contributed by atoms with E-state index in [0.29, 0.717) is 56.5 Å². The lowest BCUT2D eigenvalue weighted by Crippen LogP contribution is -2.52. The van der Waals surface area contributed by atoms with Gasteiger partial charge in [0.05, 0.1) is 19.3 Å². The summed E-state index contributed by atoms with van der Waals surface area (Å²) in [5, 5.41) is 0.0596. The Hall–Kier alpha value is -1.12. The predicted octanol–water partition coefficient (Wildman–Crippen LogP) is 1.15. The second kappa shape index (κ2) is 5.19. The molecule has 1 saturated carbocycles. The van der Waals surface area contributed by atoms with Gasteiger partial charge in [0.2, 0.25) is 5.28 Å². The zero-order valence-corrected chi connectivity index (χ0v) is 14.4. The molecule has 23 heavy (non-hydrogen) atoms. The minimum atomic E-state index is -3.33. The van der Waals surface area contributed by atoms with E-state index in [9.17, 15) is 8.42 Å². The Morgan fingerprint density at radius 1 is 1.30 bits per heavy atom. The average Bonchev–Trinajstić information content (AvgIpc) is 2.44. The fourth-order valence-electron chi connectivity index (χ4n) is 3.58. The summed E-state index contributed by atoms with van der Waals surface area (Å²) in [5.41, 5.74) is 0.422. The van der Waals surface area contributed by atoms with Gasteiger partial charge in [-0.25, -0.2) is 13.4 Å². The Labute approximate surface area is 139 Å². The normalized spacial score (nSPS) is 25.8. The van der Waals surface area contributed by atoms with Gasteiger partial charge in [0.25, 0.3) is 0 Å². The van der Waals surface area contributed by atoms with Crippen molar-refractivity contribution in [1.82, 2.24) is 9.97 Å². The number of nitrogens with zero attached hydrogens (tertiary/aromatic N) is 3. The lowest BCUT2D eigenvalue weighted by Gasteiger charge is -2.44. The Balaban J connectivity index is 1.88. The van der Waals surface area contributed by atoms with E-state index in [4.69, 9.17) is 21.1 Å². The topological polar surface area (TPSA) is 81.6 Å². The smallest absolute Gasteiger partial charge is 0.224 e. The lowest BCUT2D eigenvalue weighted by atomic mass is 9.81. The van der Waals surface area contributed by atoms with E-state index < -0.39 is 14.6 Å². The van der Waals surface area contributed by atoms with Gasteiger partial charge >= 0.3 is 0 Å². The summed E-state index contributed by atoms with van der Waals surface area (Å²) in [4.78, 5) is 10.7. The third-order valence-corrected chi connectivity index (χ3v) is 7.23. The van der Waals surface area contributed by atoms with Crippen LogP contribution in [0.3, 0.4) is 0 Å². The maximum atomic E-state index is 12.4. The number of sulfone groups is 1. The first-order valence-corrected chi connectivity index (χ1v) is 9.94. The van der Waals surface area contributed by atoms with E-state index in [2.05, 4.69) is 14.9 Å². The molecule has 9 heteroatoms. The van der Waals surface area contributed by atoms with E-state index >= 15 is 0 Å². The van der Waals surface area contributed by atoms with Crippen molar-refractivity contribution in [3.8, 4) is 5.75 Å². The maximum absolute atomic E-state index is 12.4. The molecule has 4 rings (SSSR count). The molecular formula is C14H18ClN3O4S. The van der Waals surface area contributed by atoms with Gasteiger partial charge in [0.1, 0.15) is 17.0 Å². The van der Waals surface area contributed by atoms with Crippen molar-refractivity contribution in [1.29, 1.82) is 0 Å². The number of aromatic nitrogens is 2. The molecular weight excluding hydrogens is 342 g/mol. The van der Waals surface area contributed by atoms with Crippen LogP contribution in [0.25, 0.3) is 0 Å². The van der Waals surface area contributed by atoms with E-state index in [1.165, 1.54) is 6.26 Å². The molecule has 2 aliphatic heterocycles. The van der Waals surface area contributed by atoms with Crippen LogP contribution in [0.5, 0.6) is 5.75 Å². The molecule has 3 aliphatic rings. The highest BCUT2D eigenvalue weighted by molar-refractivity contribution is 7.91. The molecule has 1 aliphatic carbocycles. The predicted molar refractivity (Wildman–Crippen MR) is 84.9 cm³/mol. The molecule has 0 bridgehead atoms. The van der Waals surface area contributed by atoms with Crippen molar-refractivity contribution in [2.45, 2.75) is 30.1 Å². The van der Waals surface area contributed by atoms with Crippen LogP contribution in [0.15, 0.2) is 0 Å². The number of halogens is 1. The minimum Gasteiger partial charge on any atom is -0.486 e. The summed E-state index contributed by atoms with van der Waals surface area (Å²) in [6.07, 6.45) is 3.20. The standard InChI is InChI=1S/C14H18ClN3O4S/c1-23(19,20)14(3-2-4-14)11-10-12(17-13(15)16-11)18-5-6-21-7-9(18)8-22-10/h9H,2-8H2,1H3/t9-/m0/s1. The zero-order valence-electron chi connectivity index (χ0n) is 12.8. The summed E-state index contributed by atoms with van der Waals surface area (Å²) < 4.78 is 35.2. The molecule has 1 atom stereocenters. The molecule has 0 aromatic carbocycles. The molecule has 1 aromatic rings. The van der Waals surface area contributed by atoms with Crippen LogP contribution in [0.4, 0.5) is 5.82 Å². The van der Waals surface area contributed by atoms with Gasteiger partial charge in [-0.3, -0.25) is 0 Å². The molecule has 0 radical (unpaired) electrons. The Morgan fingerprint density at radius 3 is 2.74 bits per heavy atom. The molecule has 0 spiro atoms. The monoisotopic (exact) mass is 359 g/mol. The third kappa shape index (κ3) is 2.22. The second-order valence-electron chi connectivity index (χ2n) is 6.35. The van der Waals surface area contributed by atoms with Gasteiger partial charge in [-0.15, -0.1) is 0 Å². The Kier molecular flexibility index (Phi) is 3.48. The number of ether oxygens (including phenoxy) is 2. The molecule has 1 aromatic heterocycles. The van der Waals surface area contributed by atoms with Crippen molar-refractivity contribution < 1.29 is 17.9 Å². The first kappa shape index (κ1) is 15.4. The number of morpholine rings is 1. The van der Waals surface area contributed by atoms with E-state index in [1.54, 1.807) is 0 Å². The molecule has 0 N–H and O–H groups in total. The Bertz CT molecular complexity index is 751. The van der Waals surface area contributed by atoms with Crippen LogP contribution in [0, 0.1) is 0 Å². The lowest BCUT2D eigenvalue weighted by molar-refractivity contribution is 0.0687. The van der Waals surface area contributed by atoms with Crippen LogP contribution in [0.1, 0.15) is 25.0 Å². The summed E-state index contributed by atoms with van der Waals surface area (Å²) in [5.74, 6) is 1.06. The summed E-state index contributed by atoms with van der Waals surface area (Å²) >= 11 is 6.12. The zero-order chi connectivity index (χ0) is 16.2. The highest BCUT2D eigenvalue weighted by Gasteiger charge is 2.52. The molecule has 126 valence electrons. The van der Waals surface area contributed by atoms with E-state index in [1.807, 2.05) is 0 Å². The van der Waals surface area contributed by atoms with Crippen molar-refractivity contribution in [3.05, 3.63) is 11.0 Å². The molecule has 1 saturated heterocycles. The highest BCUT2D eigenvalue weighted by Crippen LogP contribution is 2.52. The van der Waals surface area contributed by atoms with Gasteiger partial charge in [-0.05, 0) is 30.9 Å². The second-order valence-corrected chi connectivity index (χ2v) is 9.01. The first-order chi connectivity index (χ1) is 10.9. The number of hydrogen-bond donors (Lipinski definition) is 0. The van der Waals surface area contributed by atoms with Gasteiger partial charge in [-0.2, -0.15) is 4.98 Å². The molecule has 3 heterocycles. The van der Waals surface area contributed by atoms with Crippen LogP contribution in [0.2, 0.25) is 5.28 Å². The van der Waals surface area contributed by atoms with Crippen LogP contribution >= 0.6 is 11.6 Å². The van der Waals surface area contributed by atoms with Gasteiger partial charge in [0.15, 0.2) is 21.4 Å². The SMILES string of the molecule is CS(=O)(=O)C1(c2nc(Cl)nc3c2OC[C@@H]2COCCN32)CCC1. The third-order valence-electron chi connectivity index (χ3n) is 5.04. The summed E-state index contributed by atoms with van der Waals surface area (Å²) in [6.45, 7) is 2.28. The van der Waals surface area contributed by atoms with Crippen LogP contribution < -0.4 is 9.64 Å². The van der Waals surface area contributed by atoms with Gasteiger partial charge in [0, 0.05) is 12.8 Å².